The highest BCUT2D eigenvalue weighted by Crippen LogP contribution is 2.32. The van der Waals surface area contributed by atoms with Gasteiger partial charge in [0.15, 0.2) is 17.0 Å². The smallest absolute Gasteiger partial charge is 0.332 e. The van der Waals surface area contributed by atoms with Crippen LogP contribution < -0.4 is 4.90 Å². The van der Waals surface area contributed by atoms with Gasteiger partial charge in [0.05, 0.1) is 38.4 Å². The Morgan fingerprint density at radius 3 is 2.45 bits per heavy atom. The molecule has 2 aromatic heterocycles. The molecule has 29 heavy (non-hydrogen) atoms. The first-order chi connectivity index (χ1) is 13.9. The molecule has 4 rings (SSSR count). The van der Waals surface area contributed by atoms with Crippen LogP contribution in [0.1, 0.15) is 23.1 Å². The van der Waals surface area contributed by atoms with Crippen LogP contribution in [-0.2, 0) is 6.18 Å². The molecule has 1 fully saturated rings. The van der Waals surface area contributed by atoms with Crippen molar-refractivity contribution in [3.63, 3.8) is 0 Å². The third-order valence-corrected chi connectivity index (χ3v) is 5.26. The second-order valence-electron chi connectivity index (χ2n) is 7.09. The second-order valence-corrected chi connectivity index (χ2v) is 7.09. The molecular weight excluding hydrogens is 383 g/mol. The van der Waals surface area contributed by atoms with Gasteiger partial charge in [-0.15, -0.1) is 0 Å². The molecule has 1 aliphatic heterocycles. The minimum Gasteiger partial charge on any atom is -0.332 e. The zero-order valence-corrected chi connectivity index (χ0v) is 15.9. The van der Waals surface area contributed by atoms with Crippen molar-refractivity contribution in [1.29, 1.82) is 0 Å². The molecule has 0 atom stereocenters. The third kappa shape index (κ3) is 3.82. The number of rotatable bonds is 3. The van der Waals surface area contributed by atoms with Crippen molar-refractivity contribution in [3.8, 4) is 11.3 Å². The van der Waals surface area contributed by atoms with Gasteiger partial charge in [0.25, 0.3) is 5.91 Å². The number of carbonyl (C=O) groups is 1. The van der Waals surface area contributed by atoms with E-state index in [1.165, 1.54) is 11.0 Å². The van der Waals surface area contributed by atoms with Crippen molar-refractivity contribution in [2.24, 2.45) is 0 Å². The van der Waals surface area contributed by atoms with E-state index in [9.17, 15) is 18.0 Å². The first-order valence-corrected chi connectivity index (χ1v) is 9.53. The number of carbonyl (C=O) groups excluding carboxylic acids is 1. The normalized spacial score (nSPS) is 15.8. The van der Waals surface area contributed by atoms with Crippen molar-refractivity contribution in [1.82, 2.24) is 19.5 Å². The summed E-state index contributed by atoms with van der Waals surface area (Å²) in [7, 11) is 0. The molecule has 9 heteroatoms. The average Bonchev–Trinajstić information content (AvgIpc) is 3.16. The summed E-state index contributed by atoms with van der Waals surface area (Å²) in [5, 5.41) is 3.96. The quantitative estimate of drug-likeness (QED) is 0.724. The maximum absolute atomic E-state index is 13.7. The second kappa shape index (κ2) is 7.47. The topological polar surface area (TPSA) is 54.9 Å². The van der Waals surface area contributed by atoms with Crippen LogP contribution in [0.2, 0.25) is 0 Å². The molecule has 0 spiro atoms. The van der Waals surface area contributed by atoms with Gasteiger partial charge in [0.2, 0.25) is 0 Å². The first kappa shape index (κ1) is 19.4. The van der Waals surface area contributed by atoms with Crippen molar-refractivity contribution in [3.05, 3.63) is 53.9 Å². The van der Waals surface area contributed by atoms with E-state index in [1.54, 1.807) is 35.2 Å². The predicted molar refractivity (Wildman–Crippen MR) is 101 cm³/mol. The molecule has 3 aromatic rings. The highest BCUT2D eigenvalue weighted by atomic mass is 19.4. The van der Waals surface area contributed by atoms with Gasteiger partial charge in [-0.25, -0.2) is 9.50 Å². The van der Waals surface area contributed by atoms with Crippen LogP contribution in [0.3, 0.4) is 0 Å². The van der Waals surface area contributed by atoms with E-state index in [0.717, 1.165) is 25.7 Å². The summed E-state index contributed by atoms with van der Waals surface area (Å²) in [5.41, 5.74) is -0.230. The summed E-state index contributed by atoms with van der Waals surface area (Å²) in [6.07, 6.45) is -4.63. The number of nitrogens with zero attached hydrogens (tertiary/aromatic N) is 4. The van der Waals surface area contributed by atoms with E-state index >= 15 is 0 Å². The van der Waals surface area contributed by atoms with Crippen molar-refractivity contribution in [2.45, 2.75) is 13.1 Å². The number of likely N-dealkylation sites (N-methyl/N-ethyl adjacent to an activating group) is 1. The van der Waals surface area contributed by atoms with Gasteiger partial charge >= 0.3 is 6.18 Å². The molecule has 1 saturated heterocycles. The van der Waals surface area contributed by atoms with Gasteiger partial charge in [0.1, 0.15) is 0 Å². The number of benzene rings is 1. The van der Waals surface area contributed by atoms with Gasteiger partial charge in [-0.1, -0.05) is 30.3 Å². The Labute approximate surface area is 165 Å². The van der Waals surface area contributed by atoms with Crippen molar-refractivity contribution >= 4 is 11.6 Å². The number of quaternary nitrogens is 1. The molecule has 3 heterocycles. The number of nitrogens with one attached hydrogen (secondary N) is 1. The molecule has 1 N–H and O–H groups in total. The Bertz CT molecular complexity index is 1020. The molecule has 0 bridgehead atoms. The Hall–Kier alpha value is -2.94. The van der Waals surface area contributed by atoms with Gasteiger partial charge in [-0.3, -0.25) is 4.79 Å². The Morgan fingerprint density at radius 2 is 1.83 bits per heavy atom. The lowest BCUT2D eigenvalue weighted by Crippen LogP contribution is -3.14. The van der Waals surface area contributed by atoms with Crippen molar-refractivity contribution < 1.29 is 22.9 Å². The number of fused-ring (bicyclic) bond motifs is 1. The lowest BCUT2D eigenvalue weighted by atomic mass is 10.1. The standard InChI is InChI=1S/C20H20F3N5O/c1-2-26-8-10-27(11-9-26)19(29)16-13-18-24-15(14-6-4-3-5-7-14)12-17(20(21,22)23)28(18)25-16/h3-7,12-13H,2,8-11H2,1H3/p+1. The van der Waals surface area contributed by atoms with Crippen LogP contribution in [0.5, 0.6) is 0 Å². The number of halogens is 3. The molecular formula is C20H21F3N5O+. The summed E-state index contributed by atoms with van der Waals surface area (Å²) in [6.45, 7) is 5.83. The van der Waals surface area contributed by atoms with Crippen LogP contribution in [0.4, 0.5) is 13.2 Å². The summed E-state index contributed by atoms with van der Waals surface area (Å²) < 4.78 is 41.7. The van der Waals surface area contributed by atoms with Gasteiger partial charge in [-0.2, -0.15) is 18.3 Å². The molecule has 0 aliphatic carbocycles. The summed E-state index contributed by atoms with van der Waals surface area (Å²) in [6, 6.07) is 10.9. The molecule has 0 unspecified atom stereocenters. The molecule has 1 amide bonds. The number of alkyl halides is 3. The zero-order chi connectivity index (χ0) is 20.6. The lowest BCUT2D eigenvalue weighted by Gasteiger charge is -2.31. The van der Waals surface area contributed by atoms with E-state index in [4.69, 9.17) is 0 Å². The average molecular weight is 404 g/mol. The van der Waals surface area contributed by atoms with Crippen LogP contribution >= 0.6 is 0 Å². The maximum atomic E-state index is 13.7. The zero-order valence-electron chi connectivity index (χ0n) is 15.9. The molecule has 6 nitrogen and oxygen atoms in total. The predicted octanol–water partition coefficient (Wildman–Crippen LogP) is 1.78. The minimum absolute atomic E-state index is 0.000141. The Morgan fingerprint density at radius 1 is 1.14 bits per heavy atom. The molecule has 1 aliphatic rings. The fourth-order valence-corrected chi connectivity index (χ4v) is 3.58. The van der Waals surface area contributed by atoms with Crippen LogP contribution in [0, 0.1) is 0 Å². The fraction of sp³-hybridized carbons (Fsp3) is 0.350. The molecule has 1 aromatic carbocycles. The van der Waals surface area contributed by atoms with Gasteiger partial charge in [-0.05, 0) is 13.0 Å². The maximum Gasteiger partial charge on any atom is 0.433 e. The molecule has 0 saturated carbocycles. The highest BCUT2D eigenvalue weighted by Gasteiger charge is 2.36. The largest absolute Gasteiger partial charge is 0.433 e. The number of amides is 1. The summed E-state index contributed by atoms with van der Waals surface area (Å²) in [5.74, 6) is -0.361. The van der Waals surface area contributed by atoms with E-state index in [1.807, 2.05) is 0 Å². The van der Waals surface area contributed by atoms with Gasteiger partial charge in [0, 0.05) is 11.6 Å². The van der Waals surface area contributed by atoms with E-state index in [2.05, 4.69) is 17.0 Å². The summed E-state index contributed by atoms with van der Waals surface area (Å²) in [4.78, 5) is 20.2. The molecule has 0 radical (unpaired) electrons. The van der Waals surface area contributed by atoms with Gasteiger partial charge < -0.3 is 9.80 Å². The lowest BCUT2D eigenvalue weighted by molar-refractivity contribution is -0.902. The third-order valence-electron chi connectivity index (χ3n) is 5.26. The van der Waals surface area contributed by atoms with E-state index in [0.29, 0.717) is 23.2 Å². The number of hydrogen-bond donors (Lipinski definition) is 1. The number of aromatic nitrogens is 3. The van der Waals surface area contributed by atoms with Crippen LogP contribution in [0.15, 0.2) is 42.5 Å². The van der Waals surface area contributed by atoms with Crippen LogP contribution in [0.25, 0.3) is 16.9 Å². The van der Waals surface area contributed by atoms with E-state index in [-0.39, 0.29) is 22.9 Å². The highest BCUT2D eigenvalue weighted by molar-refractivity contribution is 5.93. The SMILES string of the molecule is CC[NH+]1CCN(C(=O)c2cc3nc(-c4ccccc4)cc(C(F)(F)F)n3n2)CC1. The number of hydrogen-bond acceptors (Lipinski definition) is 3. The Kier molecular flexibility index (Phi) is 4.99. The summed E-state index contributed by atoms with van der Waals surface area (Å²) >= 11 is 0. The Balaban J connectivity index is 1.74. The van der Waals surface area contributed by atoms with Crippen LogP contribution in [-0.4, -0.2) is 58.1 Å². The number of piperazine rings is 1. The minimum atomic E-state index is -4.63. The monoisotopic (exact) mass is 404 g/mol. The van der Waals surface area contributed by atoms with Crippen molar-refractivity contribution in [2.75, 3.05) is 32.7 Å². The fourth-order valence-electron chi connectivity index (χ4n) is 3.58. The first-order valence-electron chi connectivity index (χ1n) is 9.53. The molecule has 152 valence electrons. The van der Waals surface area contributed by atoms with E-state index < -0.39 is 11.9 Å².